The average molecular weight is 308 g/mol. The minimum atomic E-state index is -3.70. The van der Waals surface area contributed by atoms with Gasteiger partial charge >= 0.3 is 0 Å². The summed E-state index contributed by atoms with van der Waals surface area (Å²) in [5, 5.41) is 9.44. The Bertz CT molecular complexity index is 662. The summed E-state index contributed by atoms with van der Waals surface area (Å²) >= 11 is 0. The molecule has 0 heterocycles. The number of rotatable bonds is 6. The first-order valence-electron chi connectivity index (χ1n) is 6.84. The molecule has 0 bridgehead atoms. The van der Waals surface area contributed by atoms with E-state index in [0.29, 0.717) is 6.61 Å². The van der Waals surface area contributed by atoms with Gasteiger partial charge in [-0.25, -0.2) is 8.42 Å². The SMILES string of the molecule is COCc1cccc(S(=O)(=O)N(C)[C@](C)(C#N)C2CC2)c1. The van der Waals surface area contributed by atoms with Gasteiger partial charge in [0, 0.05) is 14.2 Å². The predicted octanol–water partition coefficient (Wildman–Crippen LogP) is 2.15. The molecule has 5 nitrogen and oxygen atoms in total. The molecule has 6 heteroatoms. The van der Waals surface area contributed by atoms with E-state index in [0.717, 1.165) is 18.4 Å². The summed E-state index contributed by atoms with van der Waals surface area (Å²) in [6.45, 7) is 2.05. The third kappa shape index (κ3) is 2.95. The van der Waals surface area contributed by atoms with Crippen LogP contribution in [0.4, 0.5) is 0 Å². The Morgan fingerprint density at radius 2 is 2.14 bits per heavy atom. The number of hydrogen-bond acceptors (Lipinski definition) is 4. The van der Waals surface area contributed by atoms with E-state index in [1.54, 1.807) is 32.2 Å². The third-order valence-corrected chi connectivity index (χ3v) is 6.07. The molecule has 21 heavy (non-hydrogen) atoms. The van der Waals surface area contributed by atoms with Crippen molar-refractivity contribution in [3.8, 4) is 6.07 Å². The van der Waals surface area contributed by atoms with Crippen molar-refractivity contribution in [2.75, 3.05) is 14.2 Å². The van der Waals surface area contributed by atoms with Crippen LogP contribution in [0.25, 0.3) is 0 Å². The van der Waals surface area contributed by atoms with Crippen molar-refractivity contribution in [1.29, 1.82) is 5.26 Å². The van der Waals surface area contributed by atoms with Gasteiger partial charge in [0.1, 0.15) is 5.54 Å². The third-order valence-electron chi connectivity index (χ3n) is 4.12. The van der Waals surface area contributed by atoms with Crippen LogP contribution in [-0.2, 0) is 21.4 Å². The zero-order valence-electron chi connectivity index (χ0n) is 12.5. The molecular formula is C15H20N2O3S. The van der Waals surface area contributed by atoms with Crippen LogP contribution in [0, 0.1) is 17.2 Å². The first-order chi connectivity index (χ1) is 9.86. The summed E-state index contributed by atoms with van der Waals surface area (Å²) in [7, 11) is -0.651. The fourth-order valence-electron chi connectivity index (χ4n) is 2.43. The van der Waals surface area contributed by atoms with Crippen molar-refractivity contribution in [2.45, 2.75) is 36.8 Å². The molecule has 1 aliphatic rings. The van der Waals surface area contributed by atoms with E-state index in [1.165, 1.54) is 11.4 Å². The van der Waals surface area contributed by atoms with Crippen molar-refractivity contribution in [3.63, 3.8) is 0 Å². The Balaban J connectivity index is 2.37. The Hall–Kier alpha value is -1.42. The lowest BCUT2D eigenvalue weighted by Crippen LogP contribution is -2.47. The highest BCUT2D eigenvalue weighted by molar-refractivity contribution is 7.89. The summed E-state index contributed by atoms with van der Waals surface area (Å²) in [6.07, 6.45) is 1.79. The van der Waals surface area contributed by atoms with E-state index in [2.05, 4.69) is 6.07 Å². The lowest BCUT2D eigenvalue weighted by Gasteiger charge is -2.32. The van der Waals surface area contributed by atoms with Gasteiger partial charge in [0.15, 0.2) is 0 Å². The second kappa shape index (κ2) is 5.76. The number of ether oxygens (including phenoxy) is 1. The summed E-state index contributed by atoms with van der Waals surface area (Å²) in [6, 6.07) is 8.83. The number of nitrogens with zero attached hydrogens (tertiary/aromatic N) is 2. The number of nitriles is 1. The van der Waals surface area contributed by atoms with Crippen LogP contribution in [0.3, 0.4) is 0 Å². The largest absolute Gasteiger partial charge is 0.380 e. The number of hydrogen-bond donors (Lipinski definition) is 0. The molecule has 0 unspecified atom stereocenters. The van der Waals surface area contributed by atoms with Crippen LogP contribution < -0.4 is 0 Å². The van der Waals surface area contributed by atoms with Gasteiger partial charge in [-0.05, 0) is 43.4 Å². The maximum atomic E-state index is 12.8. The second-order valence-electron chi connectivity index (χ2n) is 5.59. The minimum absolute atomic E-state index is 0.115. The van der Waals surface area contributed by atoms with Gasteiger partial charge < -0.3 is 4.74 Å². The average Bonchev–Trinajstić information content (AvgIpc) is 3.31. The van der Waals surface area contributed by atoms with Crippen molar-refractivity contribution in [2.24, 2.45) is 5.92 Å². The molecule has 1 aromatic carbocycles. The fourth-order valence-corrected chi connectivity index (χ4v) is 3.99. The highest BCUT2D eigenvalue weighted by atomic mass is 32.2. The van der Waals surface area contributed by atoms with Crippen molar-refractivity contribution < 1.29 is 13.2 Å². The molecule has 0 saturated heterocycles. The van der Waals surface area contributed by atoms with E-state index >= 15 is 0 Å². The highest BCUT2D eigenvalue weighted by Crippen LogP contribution is 2.43. The van der Waals surface area contributed by atoms with E-state index < -0.39 is 15.6 Å². The molecule has 0 aliphatic heterocycles. The van der Waals surface area contributed by atoms with Crippen LogP contribution in [0.1, 0.15) is 25.3 Å². The lowest BCUT2D eigenvalue weighted by molar-refractivity contribution is 0.184. The Labute approximate surface area is 126 Å². The van der Waals surface area contributed by atoms with Crippen molar-refractivity contribution in [1.82, 2.24) is 4.31 Å². The molecule has 2 rings (SSSR count). The van der Waals surface area contributed by atoms with Crippen LogP contribution >= 0.6 is 0 Å². The molecule has 0 spiro atoms. The lowest BCUT2D eigenvalue weighted by atomic mass is 9.99. The molecule has 0 N–H and O–H groups in total. The molecule has 1 atom stereocenters. The standard InChI is InChI=1S/C15H20N2O3S/c1-15(11-16,13-7-8-13)17(2)21(18,19)14-6-4-5-12(9-14)10-20-3/h4-6,9,13H,7-8,10H2,1-3H3/t15-/m1/s1. The maximum absolute atomic E-state index is 12.8. The zero-order chi connectivity index (χ0) is 15.7. The van der Waals surface area contributed by atoms with Gasteiger partial charge in [-0.3, -0.25) is 0 Å². The van der Waals surface area contributed by atoms with E-state index in [1.807, 2.05) is 6.07 Å². The van der Waals surface area contributed by atoms with Crippen LogP contribution in [0.2, 0.25) is 0 Å². The van der Waals surface area contributed by atoms with E-state index in [9.17, 15) is 13.7 Å². The molecular weight excluding hydrogens is 288 g/mol. The monoisotopic (exact) mass is 308 g/mol. The van der Waals surface area contributed by atoms with Gasteiger partial charge in [0.05, 0.1) is 17.6 Å². The quantitative estimate of drug-likeness (QED) is 0.807. The molecule has 1 fully saturated rings. The van der Waals surface area contributed by atoms with Crippen LogP contribution in [-0.4, -0.2) is 32.4 Å². The van der Waals surface area contributed by atoms with E-state index in [-0.39, 0.29) is 10.8 Å². The van der Waals surface area contributed by atoms with Gasteiger partial charge in [0.2, 0.25) is 10.0 Å². The number of methoxy groups -OCH3 is 1. The predicted molar refractivity (Wildman–Crippen MR) is 78.8 cm³/mol. The van der Waals surface area contributed by atoms with Crippen molar-refractivity contribution in [3.05, 3.63) is 29.8 Å². The fraction of sp³-hybridized carbons (Fsp3) is 0.533. The summed E-state index contributed by atoms with van der Waals surface area (Å²) < 4.78 is 31.8. The maximum Gasteiger partial charge on any atom is 0.244 e. The highest BCUT2D eigenvalue weighted by Gasteiger charge is 2.49. The first kappa shape index (κ1) is 16.0. The van der Waals surface area contributed by atoms with Gasteiger partial charge in [-0.1, -0.05) is 12.1 Å². The Morgan fingerprint density at radius 1 is 1.48 bits per heavy atom. The van der Waals surface area contributed by atoms with E-state index in [4.69, 9.17) is 4.74 Å². The molecule has 0 amide bonds. The number of benzene rings is 1. The smallest absolute Gasteiger partial charge is 0.244 e. The van der Waals surface area contributed by atoms with Crippen molar-refractivity contribution >= 4 is 10.0 Å². The van der Waals surface area contributed by atoms with Gasteiger partial charge in [-0.15, -0.1) is 0 Å². The summed E-state index contributed by atoms with van der Waals surface area (Å²) in [4.78, 5) is 0.196. The Kier molecular flexibility index (Phi) is 4.38. The molecule has 0 aromatic heterocycles. The molecule has 1 saturated carbocycles. The zero-order valence-corrected chi connectivity index (χ0v) is 13.4. The van der Waals surface area contributed by atoms with Gasteiger partial charge in [-0.2, -0.15) is 9.57 Å². The summed E-state index contributed by atoms with van der Waals surface area (Å²) in [5.41, 5.74) is -0.201. The topological polar surface area (TPSA) is 70.4 Å². The first-order valence-corrected chi connectivity index (χ1v) is 8.28. The number of sulfonamides is 1. The molecule has 1 aromatic rings. The summed E-state index contributed by atoms with van der Waals surface area (Å²) in [5.74, 6) is 0.115. The second-order valence-corrected chi connectivity index (χ2v) is 7.56. The minimum Gasteiger partial charge on any atom is -0.380 e. The van der Waals surface area contributed by atoms with Crippen LogP contribution in [0.15, 0.2) is 29.2 Å². The van der Waals surface area contributed by atoms with Gasteiger partial charge in [0.25, 0.3) is 0 Å². The molecule has 0 radical (unpaired) electrons. The normalized spacial score (nSPS) is 18.2. The van der Waals surface area contributed by atoms with Crippen LogP contribution in [0.5, 0.6) is 0 Å². The Morgan fingerprint density at radius 3 is 2.67 bits per heavy atom. The molecule has 1 aliphatic carbocycles. The molecule has 114 valence electrons.